The van der Waals surface area contributed by atoms with Gasteiger partial charge in [-0.15, -0.1) is 0 Å². The van der Waals surface area contributed by atoms with Gasteiger partial charge in [-0.2, -0.15) is 0 Å². The first-order valence-electron chi connectivity index (χ1n) is 7.71. The largest absolute Gasteiger partial charge is 0.347 e. The van der Waals surface area contributed by atoms with Crippen LogP contribution in [-0.4, -0.2) is 18.4 Å². The molecule has 0 aromatic heterocycles. The fraction of sp³-hybridized carbons (Fsp3) is 0.529. The zero-order valence-electron chi connectivity index (χ0n) is 12.9. The van der Waals surface area contributed by atoms with Gasteiger partial charge in [0.1, 0.15) is 0 Å². The van der Waals surface area contributed by atoms with Crippen molar-refractivity contribution in [2.24, 2.45) is 5.92 Å². The predicted molar refractivity (Wildman–Crippen MR) is 84.1 cm³/mol. The minimum atomic E-state index is -0.173. The van der Waals surface area contributed by atoms with Gasteiger partial charge >= 0.3 is 0 Å². The van der Waals surface area contributed by atoms with Gasteiger partial charge in [0.05, 0.1) is 6.54 Å². The molecule has 1 fully saturated rings. The molecule has 1 aliphatic rings. The zero-order valence-corrected chi connectivity index (χ0v) is 12.9. The molecule has 4 nitrogen and oxygen atoms in total. The summed E-state index contributed by atoms with van der Waals surface area (Å²) < 4.78 is 0. The minimum Gasteiger partial charge on any atom is -0.347 e. The molecule has 0 aliphatic heterocycles. The van der Waals surface area contributed by atoms with Gasteiger partial charge in [0, 0.05) is 11.6 Å². The number of rotatable bonds is 4. The molecule has 0 heterocycles. The molecule has 21 heavy (non-hydrogen) atoms. The van der Waals surface area contributed by atoms with Crippen molar-refractivity contribution in [2.45, 2.75) is 46.0 Å². The highest BCUT2D eigenvalue weighted by Gasteiger charge is 2.21. The van der Waals surface area contributed by atoms with Crippen LogP contribution < -0.4 is 10.6 Å². The fourth-order valence-corrected chi connectivity index (χ4v) is 2.74. The summed E-state index contributed by atoms with van der Waals surface area (Å²) in [5, 5.41) is 5.61. The van der Waals surface area contributed by atoms with E-state index in [0.29, 0.717) is 0 Å². The van der Waals surface area contributed by atoms with Crippen LogP contribution in [0.3, 0.4) is 0 Å². The number of benzene rings is 1. The lowest BCUT2D eigenvalue weighted by atomic mass is 9.89. The third-order valence-electron chi connectivity index (χ3n) is 4.07. The van der Waals surface area contributed by atoms with Gasteiger partial charge in [0.25, 0.3) is 0 Å². The molecule has 2 N–H and O–H groups in total. The van der Waals surface area contributed by atoms with E-state index in [4.69, 9.17) is 0 Å². The van der Waals surface area contributed by atoms with E-state index in [1.54, 1.807) is 0 Å². The lowest BCUT2D eigenvalue weighted by Gasteiger charge is -2.20. The van der Waals surface area contributed by atoms with E-state index in [9.17, 15) is 9.59 Å². The normalized spacial score (nSPS) is 15.5. The lowest BCUT2D eigenvalue weighted by Crippen LogP contribution is -2.37. The van der Waals surface area contributed by atoms with Crippen LogP contribution in [0.5, 0.6) is 0 Å². The van der Waals surface area contributed by atoms with E-state index in [1.165, 1.54) is 6.42 Å². The highest BCUT2D eigenvalue weighted by molar-refractivity contribution is 5.95. The van der Waals surface area contributed by atoms with Crippen LogP contribution >= 0.6 is 0 Å². The summed E-state index contributed by atoms with van der Waals surface area (Å²) >= 11 is 0. The SMILES string of the molecule is Cc1ccc(C)c(NC(=O)CNC(=O)C2CCCCC2)c1. The Kier molecular flexibility index (Phi) is 5.37. The van der Waals surface area contributed by atoms with Gasteiger partial charge in [-0.05, 0) is 43.9 Å². The van der Waals surface area contributed by atoms with Crippen molar-refractivity contribution >= 4 is 17.5 Å². The molecule has 0 spiro atoms. The van der Waals surface area contributed by atoms with Crippen molar-refractivity contribution < 1.29 is 9.59 Å². The molecular formula is C17H24N2O2. The van der Waals surface area contributed by atoms with E-state index in [0.717, 1.165) is 42.5 Å². The lowest BCUT2D eigenvalue weighted by molar-refractivity contribution is -0.128. The number of anilines is 1. The standard InChI is InChI=1S/C17H24N2O2/c1-12-8-9-13(2)15(10-12)19-16(20)11-18-17(21)14-6-4-3-5-7-14/h8-10,14H,3-7,11H2,1-2H3,(H,18,21)(H,19,20). The van der Waals surface area contributed by atoms with Crippen molar-refractivity contribution in [3.8, 4) is 0 Å². The van der Waals surface area contributed by atoms with Crippen LogP contribution in [0, 0.1) is 19.8 Å². The van der Waals surface area contributed by atoms with E-state index < -0.39 is 0 Å². The first kappa shape index (κ1) is 15.5. The molecule has 4 heteroatoms. The number of hydrogen-bond acceptors (Lipinski definition) is 2. The molecule has 114 valence electrons. The van der Waals surface area contributed by atoms with Gasteiger partial charge in [-0.1, -0.05) is 31.4 Å². The van der Waals surface area contributed by atoms with Crippen LogP contribution in [-0.2, 0) is 9.59 Å². The Morgan fingerprint density at radius 1 is 1.14 bits per heavy atom. The van der Waals surface area contributed by atoms with Gasteiger partial charge in [-0.3, -0.25) is 9.59 Å². The van der Waals surface area contributed by atoms with E-state index in [-0.39, 0.29) is 24.3 Å². The monoisotopic (exact) mass is 288 g/mol. The van der Waals surface area contributed by atoms with E-state index in [1.807, 2.05) is 32.0 Å². The summed E-state index contributed by atoms with van der Waals surface area (Å²) in [4.78, 5) is 23.9. The molecule has 0 bridgehead atoms. The van der Waals surface area contributed by atoms with Crippen molar-refractivity contribution in [3.63, 3.8) is 0 Å². The maximum atomic E-state index is 12.0. The highest BCUT2D eigenvalue weighted by Crippen LogP contribution is 2.23. The zero-order chi connectivity index (χ0) is 15.2. The predicted octanol–water partition coefficient (Wildman–Crippen LogP) is 2.94. The average molecular weight is 288 g/mol. The van der Waals surface area contributed by atoms with Gasteiger partial charge in [-0.25, -0.2) is 0 Å². The Bertz CT molecular complexity index is 520. The third kappa shape index (κ3) is 4.59. The van der Waals surface area contributed by atoms with Crippen molar-refractivity contribution in [1.29, 1.82) is 0 Å². The molecule has 2 amide bonds. The summed E-state index contributed by atoms with van der Waals surface area (Å²) in [6, 6.07) is 5.93. The fourth-order valence-electron chi connectivity index (χ4n) is 2.74. The number of carbonyl (C=O) groups is 2. The van der Waals surface area contributed by atoms with Crippen molar-refractivity contribution in [2.75, 3.05) is 11.9 Å². The molecule has 0 saturated heterocycles. The minimum absolute atomic E-state index is 0.0193. The Labute approximate surface area is 126 Å². The Morgan fingerprint density at radius 3 is 2.57 bits per heavy atom. The molecular weight excluding hydrogens is 264 g/mol. The van der Waals surface area contributed by atoms with E-state index in [2.05, 4.69) is 10.6 Å². The summed E-state index contributed by atoms with van der Waals surface area (Å²) in [6.45, 7) is 3.98. The topological polar surface area (TPSA) is 58.2 Å². The molecule has 0 radical (unpaired) electrons. The quantitative estimate of drug-likeness (QED) is 0.895. The highest BCUT2D eigenvalue weighted by atomic mass is 16.2. The molecule has 1 aromatic rings. The van der Waals surface area contributed by atoms with Crippen LogP contribution in [0.15, 0.2) is 18.2 Å². The van der Waals surface area contributed by atoms with Gasteiger partial charge < -0.3 is 10.6 Å². The smallest absolute Gasteiger partial charge is 0.243 e. The number of nitrogens with one attached hydrogen (secondary N) is 2. The number of aryl methyl sites for hydroxylation is 2. The second-order valence-electron chi connectivity index (χ2n) is 5.92. The Morgan fingerprint density at radius 2 is 1.86 bits per heavy atom. The number of carbonyl (C=O) groups excluding carboxylic acids is 2. The van der Waals surface area contributed by atoms with Crippen LogP contribution in [0.1, 0.15) is 43.2 Å². The maximum Gasteiger partial charge on any atom is 0.243 e. The first-order valence-corrected chi connectivity index (χ1v) is 7.71. The molecule has 1 aromatic carbocycles. The number of amides is 2. The summed E-state index contributed by atoms with van der Waals surface area (Å²) in [5.41, 5.74) is 2.93. The molecule has 0 atom stereocenters. The average Bonchev–Trinajstić information content (AvgIpc) is 2.49. The van der Waals surface area contributed by atoms with Gasteiger partial charge in [0.2, 0.25) is 11.8 Å². The maximum absolute atomic E-state index is 12.0. The molecule has 0 unspecified atom stereocenters. The van der Waals surface area contributed by atoms with Crippen LogP contribution in [0.4, 0.5) is 5.69 Å². The van der Waals surface area contributed by atoms with Crippen molar-refractivity contribution in [1.82, 2.24) is 5.32 Å². The summed E-state index contributed by atoms with van der Waals surface area (Å²) in [5.74, 6) is -0.0640. The second-order valence-corrected chi connectivity index (χ2v) is 5.92. The second kappa shape index (κ2) is 7.25. The molecule has 1 saturated carbocycles. The third-order valence-corrected chi connectivity index (χ3v) is 4.07. The summed E-state index contributed by atoms with van der Waals surface area (Å²) in [7, 11) is 0. The molecule has 1 aliphatic carbocycles. The van der Waals surface area contributed by atoms with Crippen LogP contribution in [0.25, 0.3) is 0 Å². The number of hydrogen-bond donors (Lipinski definition) is 2. The van der Waals surface area contributed by atoms with Gasteiger partial charge in [0.15, 0.2) is 0 Å². The Hall–Kier alpha value is -1.84. The Balaban J connectivity index is 1.81. The van der Waals surface area contributed by atoms with Crippen LogP contribution in [0.2, 0.25) is 0 Å². The van der Waals surface area contributed by atoms with E-state index >= 15 is 0 Å². The summed E-state index contributed by atoms with van der Waals surface area (Å²) in [6.07, 6.45) is 5.35. The van der Waals surface area contributed by atoms with Crippen molar-refractivity contribution in [3.05, 3.63) is 29.3 Å². The molecule has 2 rings (SSSR count). The first-order chi connectivity index (χ1) is 10.1.